The lowest BCUT2D eigenvalue weighted by Crippen LogP contribution is -2.26. The summed E-state index contributed by atoms with van der Waals surface area (Å²) in [6.07, 6.45) is 5.34. The van der Waals surface area contributed by atoms with E-state index in [0.29, 0.717) is 50.9 Å². The molecule has 0 radical (unpaired) electrons. The molecule has 2 N–H and O–H groups in total. The Kier molecular flexibility index (Phi) is 12.9. The van der Waals surface area contributed by atoms with Gasteiger partial charge in [0.2, 0.25) is 11.8 Å². The van der Waals surface area contributed by atoms with Crippen LogP contribution >= 0.6 is 0 Å². The van der Waals surface area contributed by atoms with E-state index in [1.54, 1.807) is 21.3 Å². The SMILES string of the molecule is COc1cccc(CCc2cc(CCNC(=O)CCCCC(=O)NCCc3ccccc3)cc(OC)c2OC)c1. The fourth-order valence-corrected chi connectivity index (χ4v) is 4.63. The number of methoxy groups -OCH3 is 3. The van der Waals surface area contributed by atoms with Gasteiger partial charge in [-0.3, -0.25) is 9.59 Å². The maximum Gasteiger partial charge on any atom is 0.220 e. The van der Waals surface area contributed by atoms with Crippen LogP contribution in [0.15, 0.2) is 66.7 Å². The Bertz CT molecular complexity index is 1210. The summed E-state index contributed by atoms with van der Waals surface area (Å²) in [6, 6.07) is 22.2. The van der Waals surface area contributed by atoms with Crippen molar-refractivity contribution in [2.45, 2.75) is 51.4 Å². The molecule has 40 heavy (non-hydrogen) atoms. The minimum Gasteiger partial charge on any atom is -0.497 e. The highest BCUT2D eigenvalue weighted by molar-refractivity contribution is 5.77. The molecule has 0 unspecified atom stereocenters. The highest BCUT2D eigenvalue weighted by Crippen LogP contribution is 2.34. The third-order valence-electron chi connectivity index (χ3n) is 6.80. The van der Waals surface area contributed by atoms with Crippen molar-refractivity contribution in [1.82, 2.24) is 10.6 Å². The molecule has 0 aliphatic rings. The van der Waals surface area contributed by atoms with Crippen LogP contribution in [-0.2, 0) is 35.3 Å². The maximum absolute atomic E-state index is 12.3. The highest BCUT2D eigenvalue weighted by atomic mass is 16.5. The molecule has 214 valence electrons. The molecule has 0 fully saturated rings. The number of rotatable bonds is 17. The van der Waals surface area contributed by atoms with Gasteiger partial charge in [0.05, 0.1) is 21.3 Å². The summed E-state index contributed by atoms with van der Waals surface area (Å²) in [5.74, 6) is 2.31. The third kappa shape index (κ3) is 10.3. The number of carbonyl (C=O) groups excluding carboxylic acids is 2. The molecule has 0 aliphatic carbocycles. The summed E-state index contributed by atoms with van der Waals surface area (Å²) in [7, 11) is 4.96. The molecular formula is C33H42N2O5. The Morgan fingerprint density at radius 3 is 1.90 bits per heavy atom. The van der Waals surface area contributed by atoms with Gasteiger partial charge < -0.3 is 24.8 Å². The van der Waals surface area contributed by atoms with E-state index in [0.717, 1.165) is 41.9 Å². The molecule has 0 spiro atoms. The van der Waals surface area contributed by atoms with E-state index in [9.17, 15) is 9.59 Å². The molecule has 3 aromatic rings. The molecule has 0 saturated carbocycles. The average molecular weight is 547 g/mol. The van der Waals surface area contributed by atoms with Gasteiger partial charge in [-0.25, -0.2) is 0 Å². The van der Waals surface area contributed by atoms with E-state index >= 15 is 0 Å². The van der Waals surface area contributed by atoms with Crippen LogP contribution in [0.1, 0.15) is 47.9 Å². The Labute approximate surface area is 238 Å². The summed E-state index contributed by atoms with van der Waals surface area (Å²) in [4.78, 5) is 24.4. The summed E-state index contributed by atoms with van der Waals surface area (Å²) in [5, 5.41) is 5.96. The molecule has 0 bridgehead atoms. The Morgan fingerprint density at radius 1 is 0.625 bits per heavy atom. The number of unbranched alkanes of at least 4 members (excludes halogenated alkanes) is 1. The molecule has 0 saturated heterocycles. The van der Waals surface area contributed by atoms with Gasteiger partial charge in [-0.05, 0) is 79.0 Å². The van der Waals surface area contributed by atoms with Crippen LogP contribution in [0.25, 0.3) is 0 Å². The maximum atomic E-state index is 12.3. The lowest BCUT2D eigenvalue weighted by Gasteiger charge is -2.16. The molecule has 0 atom stereocenters. The minimum atomic E-state index is 0.00297. The van der Waals surface area contributed by atoms with Crippen LogP contribution in [-0.4, -0.2) is 46.2 Å². The van der Waals surface area contributed by atoms with Crippen LogP contribution in [0.5, 0.6) is 17.2 Å². The Hall–Kier alpha value is -4.00. The number of benzene rings is 3. The van der Waals surface area contributed by atoms with Crippen LogP contribution in [0.2, 0.25) is 0 Å². The summed E-state index contributed by atoms with van der Waals surface area (Å²) >= 11 is 0. The van der Waals surface area contributed by atoms with Gasteiger partial charge in [-0.1, -0.05) is 48.5 Å². The first-order valence-corrected chi connectivity index (χ1v) is 14.0. The van der Waals surface area contributed by atoms with Crippen molar-refractivity contribution in [3.8, 4) is 17.2 Å². The van der Waals surface area contributed by atoms with Crippen molar-refractivity contribution in [2.75, 3.05) is 34.4 Å². The number of amides is 2. The van der Waals surface area contributed by atoms with Gasteiger partial charge in [0.1, 0.15) is 5.75 Å². The molecular weight excluding hydrogens is 504 g/mol. The van der Waals surface area contributed by atoms with Crippen molar-refractivity contribution in [3.05, 3.63) is 89.0 Å². The molecule has 0 aliphatic heterocycles. The van der Waals surface area contributed by atoms with Crippen LogP contribution in [0.4, 0.5) is 0 Å². The van der Waals surface area contributed by atoms with Crippen molar-refractivity contribution in [2.24, 2.45) is 0 Å². The van der Waals surface area contributed by atoms with Gasteiger partial charge in [-0.2, -0.15) is 0 Å². The minimum absolute atomic E-state index is 0.00297. The van der Waals surface area contributed by atoms with E-state index in [1.165, 1.54) is 11.1 Å². The van der Waals surface area contributed by atoms with Gasteiger partial charge in [0.25, 0.3) is 0 Å². The highest BCUT2D eigenvalue weighted by Gasteiger charge is 2.13. The van der Waals surface area contributed by atoms with Crippen LogP contribution < -0.4 is 24.8 Å². The number of carbonyl (C=O) groups is 2. The molecule has 0 aromatic heterocycles. The fourth-order valence-electron chi connectivity index (χ4n) is 4.63. The Balaban J connectivity index is 1.39. The molecule has 7 nitrogen and oxygen atoms in total. The lowest BCUT2D eigenvalue weighted by molar-refractivity contribution is -0.123. The van der Waals surface area contributed by atoms with Gasteiger partial charge >= 0.3 is 0 Å². The first-order chi connectivity index (χ1) is 19.5. The summed E-state index contributed by atoms with van der Waals surface area (Å²) in [6.45, 7) is 1.16. The monoisotopic (exact) mass is 546 g/mol. The fraction of sp³-hybridized carbons (Fsp3) is 0.394. The largest absolute Gasteiger partial charge is 0.497 e. The smallest absolute Gasteiger partial charge is 0.220 e. The van der Waals surface area contributed by atoms with E-state index in [1.807, 2.05) is 42.5 Å². The number of hydrogen-bond acceptors (Lipinski definition) is 5. The third-order valence-corrected chi connectivity index (χ3v) is 6.80. The van der Waals surface area contributed by atoms with Gasteiger partial charge in [-0.15, -0.1) is 0 Å². The predicted octanol–water partition coefficient (Wildman–Crippen LogP) is 5.08. The predicted molar refractivity (Wildman–Crippen MR) is 158 cm³/mol. The normalized spacial score (nSPS) is 10.6. The second-order valence-corrected chi connectivity index (χ2v) is 9.73. The molecule has 7 heteroatoms. The topological polar surface area (TPSA) is 85.9 Å². The molecule has 0 heterocycles. The second-order valence-electron chi connectivity index (χ2n) is 9.73. The van der Waals surface area contributed by atoms with E-state index in [-0.39, 0.29) is 11.8 Å². The molecule has 3 rings (SSSR count). The number of aryl methyl sites for hydroxylation is 2. The van der Waals surface area contributed by atoms with E-state index in [4.69, 9.17) is 14.2 Å². The lowest BCUT2D eigenvalue weighted by atomic mass is 9.99. The first-order valence-electron chi connectivity index (χ1n) is 14.0. The van der Waals surface area contributed by atoms with E-state index in [2.05, 4.69) is 34.9 Å². The van der Waals surface area contributed by atoms with Crippen molar-refractivity contribution < 1.29 is 23.8 Å². The van der Waals surface area contributed by atoms with Crippen molar-refractivity contribution in [1.29, 1.82) is 0 Å². The average Bonchev–Trinajstić information content (AvgIpc) is 2.98. The van der Waals surface area contributed by atoms with Gasteiger partial charge in [0, 0.05) is 25.9 Å². The summed E-state index contributed by atoms with van der Waals surface area (Å²) in [5.41, 5.74) is 4.53. The van der Waals surface area contributed by atoms with Crippen molar-refractivity contribution >= 4 is 11.8 Å². The van der Waals surface area contributed by atoms with Crippen LogP contribution in [0, 0.1) is 0 Å². The first kappa shape index (κ1) is 30.5. The zero-order chi connectivity index (χ0) is 28.6. The summed E-state index contributed by atoms with van der Waals surface area (Å²) < 4.78 is 16.6. The second kappa shape index (κ2) is 16.9. The zero-order valence-electron chi connectivity index (χ0n) is 24.0. The van der Waals surface area contributed by atoms with Gasteiger partial charge in [0.15, 0.2) is 11.5 Å². The van der Waals surface area contributed by atoms with Crippen molar-refractivity contribution in [3.63, 3.8) is 0 Å². The quantitative estimate of drug-likeness (QED) is 0.231. The Morgan fingerprint density at radius 2 is 1.27 bits per heavy atom. The van der Waals surface area contributed by atoms with E-state index < -0.39 is 0 Å². The number of ether oxygens (including phenoxy) is 3. The molecule has 2 amide bonds. The van der Waals surface area contributed by atoms with Crippen LogP contribution in [0.3, 0.4) is 0 Å². The molecule has 3 aromatic carbocycles. The zero-order valence-corrected chi connectivity index (χ0v) is 24.0. The number of hydrogen-bond donors (Lipinski definition) is 2. The number of nitrogens with one attached hydrogen (secondary N) is 2. The standard InChI is InChI=1S/C33H42N2O5/c1-38-29-13-9-12-26(23-29)16-17-28-22-27(24-30(39-2)33(28)40-3)19-21-35-32(37)15-8-7-14-31(36)34-20-18-25-10-5-4-6-11-25/h4-6,9-13,22-24H,7-8,14-21H2,1-3H3,(H,34,36)(H,35,37).